The van der Waals surface area contributed by atoms with Crippen molar-refractivity contribution in [2.75, 3.05) is 0 Å². The Morgan fingerprint density at radius 3 is 1.02 bits per heavy atom. The van der Waals surface area contributed by atoms with E-state index in [0.717, 1.165) is 67.4 Å². The minimum atomic E-state index is 0.00380. The average molecular weight is 519 g/mol. The van der Waals surface area contributed by atoms with Gasteiger partial charge in [0.25, 0.3) is 0 Å². The molecule has 8 bridgehead atoms. The van der Waals surface area contributed by atoms with E-state index < -0.39 is 0 Å². The highest BCUT2D eigenvalue weighted by Gasteiger charge is 2.36. The third kappa shape index (κ3) is 3.13. The fourth-order valence-corrected chi connectivity index (χ4v) is 6.23. The van der Waals surface area contributed by atoms with E-state index in [1.807, 2.05) is 24.3 Å². The number of allylic oxidation sites excluding steroid dienone is 8. The van der Waals surface area contributed by atoms with Gasteiger partial charge in [-0.2, -0.15) is 0 Å². The van der Waals surface area contributed by atoms with Gasteiger partial charge in [0.1, 0.15) is 45.9 Å². The molecule has 4 unspecified atom stereocenters. The molecule has 0 spiro atoms. The van der Waals surface area contributed by atoms with Gasteiger partial charge in [0, 0.05) is 21.5 Å². The second kappa shape index (κ2) is 8.13. The normalized spacial score (nSPS) is 22.6. The molecule has 2 aromatic carbocycles. The van der Waals surface area contributed by atoms with Crippen molar-refractivity contribution in [3.63, 3.8) is 0 Å². The third-order valence-corrected chi connectivity index (χ3v) is 8.17. The highest BCUT2D eigenvalue weighted by atomic mass is 15.1. The lowest BCUT2D eigenvalue weighted by atomic mass is 9.88. The smallest absolute Gasteiger partial charge is 0.142 e. The van der Waals surface area contributed by atoms with Crippen molar-refractivity contribution in [1.82, 2.24) is 39.9 Å². The Kier molecular flexibility index (Phi) is 4.40. The van der Waals surface area contributed by atoms with E-state index in [1.54, 1.807) is 0 Å². The van der Waals surface area contributed by atoms with Crippen molar-refractivity contribution in [3.8, 4) is 0 Å². The van der Waals surface area contributed by atoms with Crippen LogP contribution in [-0.4, -0.2) is 39.9 Å². The van der Waals surface area contributed by atoms with Crippen LogP contribution in [0.4, 0.5) is 0 Å². The van der Waals surface area contributed by atoms with E-state index >= 15 is 0 Å². The van der Waals surface area contributed by atoms with Crippen molar-refractivity contribution in [1.29, 1.82) is 0 Å². The van der Waals surface area contributed by atoms with Gasteiger partial charge in [0.2, 0.25) is 0 Å². The van der Waals surface area contributed by atoms with Crippen LogP contribution in [0.3, 0.4) is 0 Å². The van der Waals surface area contributed by atoms with E-state index in [9.17, 15) is 0 Å². The summed E-state index contributed by atoms with van der Waals surface area (Å²) in [6, 6.07) is 16.3. The van der Waals surface area contributed by atoms with Gasteiger partial charge < -0.3 is 9.97 Å². The predicted molar refractivity (Wildman–Crippen MR) is 155 cm³/mol. The van der Waals surface area contributed by atoms with Crippen molar-refractivity contribution in [2.45, 2.75) is 23.7 Å². The van der Waals surface area contributed by atoms with E-state index in [2.05, 4.69) is 82.8 Å². The summed E-state index contributed by atoms with van der Waals surface area (Å²) in [4.78, 5) is 37.3. The highest BCUT2D eigenvalue weighted by molar-refractivity contribution is 6.07. The van der Waals surface area contributed by atoms with Crippen molar-refractivity contribution >= 4 is 44.1 Å². The zero-order valence-corrected chi connectivity index (χ0v) is 21.2. The molecule has 190 valence electrons. The third-order valence-electron chi connectivity index (χ3n) is 8.17. The first-order chi connectivity index (χ1) is 19.8. The molecule has 8 heteroatoms. The number of aromatic amines is 2. The van der Waals surface area contributed by atoms with E-state index in [-0.39, 0.29) is 23.7 Å². The maximum absolute atomic E-state index is 5.09. The minimum Gasteiger partial charge on any atom is -0.324 e. The number of benzene rings is 2. The lowest BCUT2D eigenvalue weighted by molar-refractivity contribution is 0.703. The molecule has 4 aliphatic rings. The van der Waals surface area contributed by atoms with Gasteiger partial charge in [-0.1, -0.05) is 97.1 Å². The molecule has 2 N–H and O–H groups in total. The molecule has 0 fully saturated rings. The number of nitrogens with one attached hydrogen (secondary N) is 2. The monoisotopic (exact) mass is 518 g/mol. The molecule has 4 atom stereocenters. The van der Waals surface area contributed by atoms with Crippen LogP contribution in [0.25, 0.3) is 44.1 Å². The molecular weight excluding hydrogens is 496 g/mol. The quantitative estimate of drug-likeness (QED) is 0.253. The molecular formula is C32H22N8. The second-order valence-electron chi connectivity index (χ2n) is 10.5. The maximum atomic E-state index is 5.09. The molecule has 5 aromatic rings. The van der Waals surface area contributed by atoms with Gasteiger partial charge in [0.05, 0.1) is 23.7 Å². The summed E-state index contributed by atoms with van der Waals surface area (Å²) in [6.07, 6.45) is 16.8. The Hall–Kier alpha value is -5.24. The molecule has 40 heavy (non-hydrogen) atoms. The zero-order chi connectivity index (χ0) is 26.2. The van der Waals surface area contributed by atoms with Crippen LogP contribution in [0.5, 0.6) is 0 Å². The number of rotatable bonds is 0. The summed E-state index contributed by atoms with van der Waals surface area (Å²) < 4.78 is 0. The van der Waals surface area contributed by atoms with Crippen molar-refractivity contribution in [3.05, 3.63) is 120 Å². The van der Waals surface area contributed by atoms with Gasteiger partial charge in [-0.05, 0) is 0 Å². The number of H-pyrrole nitrogens is 2. The number of fused-ring (bicyclic) bond motifs is 20. The van der Waals surface area contributed by atoms with E-state index in [0.29, 0.717) is 0 Å². The Morgan fingerprint density at radius 2 is 0.675 bits per heavy atom. The molecule has 0 saturated heterocycles. The molecule has 9 rings (SSSR count). The summed E-state index contributed by atoms with van der Waals surface area (Å²) in [5.74, 6) is 2.93. The number of nitrogens with zero attached hydrogens (tertiary/aromatic N) is 6. The van der Waals surface area contributed by atoms with Gasteiger partial charge >= 0.3 is 0 Å². The fourth-order valence-electron chi connectivity index (χ4n) is 6.23. The molecule has 2 aliphatic carbocycles. The molecule has 5 heterocycles. The van der Waals surface area contributed by atoms with Crippen LogP contribution in [0.2, 0.25) is 0 Å². The fraction of sp³-hybridized carbons (Fsp3) is 0.125. The average Bonchev–Trinajstić information content (AvgIpc) is 3.73. The molecule has 0 amide bonds. The predicted octanol–water partition coefficient (Wildman–Crippen LogP) is 6.19. The number of aromatic nitrogens is 8. The van der Waals surface area contributed by atoms with Crippen LogP contribution in [0.15, 0.2) is 97.1 Å². The first-order valence-electron chi connectivity index (χ1n) is 13.5. The zero-order valence-electron chi connectivity index (χ0n) is 21.2. The van der Waals surface area contributed by atoms with Crippen LogP contribution in [0.1, 0.15) is 47.0 Å². The van der Waals surface area contributed by atoms with E-state index in [4.69, 9.17) is 29.9 Å². The van der Waals surface area contributed by atoms with Crippen molar-refractivity contribution in [2.24, 2.45) is 0 Å². The summed E-state index contributed by atoms with van der Waals surface area (Å²) in [5.41, 5.74) is 2.94. The first-order valence-corrected chi connectivity index (χ1v) is 13.5. The van der Waals surface area contributed by atoms with Gasteiger partial charge in [-0.3, -0.25) is 0 Å². The maximum Gasteiger partial charge on any atom is 0.142 e. The van der Waals surface area contributed by atoms with Gasteiger partial charge in [-0.15, -0.1) is 0 Å². The Bertz CT molecular complexity index is 2010. The van der Waals surface area contributed by atoms with Crippen LogP contribution in [0, 0.1) is 0 Å². The molecule has 3 aromatic heterocycles. The van der Waals surface area contributed by atoms with E-state index in [1.165, 1.54) is 0 Å². The first kappa shape index (κ1) is 21.7. The molecule has 0 radical (unpaired) electrons. The molecule has 2 aliphatic heterocycles. The SMILES string of the molecule is C1=CC2c3nc4nc(nc5[nH]c(nc6[nH]c(nc(n3)C2C=C1)c1ccccc61)c1ccccc51)C1C=CC=CC41. The lowest BCUT2D eigenvalue weighted by Crippen LogP contribution is -2.08. The summed E-state index contributed by atoms with van der Waals surface area (Å²) in [5, 5.41) is 3.97. The van der Waals surface area contributed by atoms with Crippen LogP contribution in [-0.2, 0) is 0 Å². The summed E-state index contributed by atoms with van der Waals surface area (Å²) in [6.45, 7) is 0. The lowest BCUT2D eigenvalue weighted by Gasteiger charge is -2.15. The van der Waals surface area contributed by atoms with Crippen molar-refractivity contribution < 1.29 is 0 Å². The second-order valence-corrected chi connectivity index (χ2v) is 10.5. The Morgan fingerprint density at radius 1 is 0.375 bits per heavy atom. The standard InChI is InChI=1S/C32H22N8/c1-2-10-18-17(9-1)25-33-26(18)38-28-21-13-5-6-14-22(21)30(35-28)40-32-24-16-8-7-15-23(24)31(36-32)39-29-20-12-4-3-11-19(20)27(34-29)37-25/h1-20H,(H2,33,34,35,36,37,38,39,40). The molecule has 0 saturated carbocycles. The highest BCUT2D eigenvalue weighted by Crippen LogP contribution is 2.42. The van der Waals surface area contributed by atoms with Gasteiger partial charge in [-0.25, -0.2) is 29.9 Å². The van der Waals surface area contributed by atoms with Gasteiger partial charge in [0.15, 0.2) is 0 Å². The van der Waals surface area contributed by atoms with Crippen LogP contribution >= 0.6 is 0 Å². The minimum absolute atomic E-state index is 0.00380. The summed E-state index contributed by atoms with van der Waals surface area (Å²) in [7, 11) is 0. The molecule has 8 nitrogen and oxygen atoms in total. The topological polar surface area (TPSA) is 109 Å². The Labute approximate surface area is 228 Å². The number of hydrogen-bond donors (Lipinski definition) is 2. The summed E-state index contributed by atoms with van der Waals surface area (Å²) >= 11 is 0. The number of hydrogen-bond acceptors (Lipinski definition) is 6. The Balaban J connectivity index is 1.46. The van der Waals surface area contributed by atoms with Crippen LogP contribution < -0.4 is 0 Å². The largest absolute Gasteiger partial charge is 0.324 e.